The molecule has 180 valence electrons. The summed E-state index contributed by atoms with van der Waals surface area (Å²) in [6.45, 7) is 1.70. The molecule has 0 amide bonds. The van der Waals surface area contributed by atoms with Crippen LogP contribution in [-0.2, 0) is 4.79 Å². The molecule has 3 atom stereocenters. The standard InChI is InChI=1S/C28H31FO5/c1-2-21(27(32)33)24(31)17-20(30)13-14-23-26(18-9-11-19(29)12-10-18)22-7-3-4-8-25(22)34-28(23)15-5-6-16-28/h3-4,7-14,20-21,24,30-31H,2,5-6,15-17H2,1H3,(H,32,33)/t20-,21?,24+/m1/s1. The number of carbonyl (C=O) groups is 1. The maximum atomic E-state index is 13.7. The Morgan fingerprint density at radius 2 is 1.79 bits per heavy atom. The first kappa shape index (κ1) is 24.2. The first-order chi connectivity index (χ1) is 16.3. The SMILES string of the molecule is CCC(C(=O)O)[C@@H](O)C[C@H](O)C=CC1=C(c2ccc(F)cc2)c2ccccc2OC12CCCC2. The van der Waals surface area contributed by atoms with Crippen molar-refractivity contribution >= 4 is 11.5 Å². The predicted molar refractivity (Wildman–Crippen MR) is 128 cm³/mol. The summed E-state index contributed by atoms with van der Waals surface area (Å²) in [6.07, 6.45) is 5.13. The van der Waals surface area contributed by atoms with Crippen LogP contribution in [0.1, 0.15) is 56.6 Å². The lowest BCUT2D eigenvalue weighted by atomic mass is 9.79. The minimum Gasteiger partial charge on any atom is -0.482 e. The van der Waals surface area contributed by atoms with E-state index in [2.05, 4.69) is 0 Å². The van der Waals surface area contributed by atoms with Gasteiger partial charge < -0.3 is 20.1 Å². The maximum absolute atomic E-state index is 13.7. The number of aliphatic hydroxyl groups excluding tert-OH is 2. The Kier molecular flexibility index (Phi) is 7.19. The molecule has 1 unspecified atom stereocenters. The van der Waals surface area contributed by atoms with E-state index in [-0.39, 0.29) is 18.7 Å². The number of rotatable bonds is 8. The Labute approximate surface area is 199 Å². The van der Waals surface area contributed by atoms with Crippen LogP contribution in [0.15, 0.2) is 66.3 Å². The number of benzene rings is 2. The number of ether oxygens (including phenoxy) is 1. The van der Waals surface area contributed by atoms with E-state index in [1.807, 2.05) is 30.3 Å². The van der Waals surface area contributed by atoms with Crippen LogP contribution in [0.3, 0.4) is 0 Å². The molecule has 2 aromatic rings. The summed E-state index contributed by atoms with van der Waals surface area (Å²) in [6, 6.07) is 14.2. The van der Waals surface area contributed by atoms with E-state index in [1.165, 1.54) is 12.1 Å². The monoisotopic (exact) mass is 466 g/mol. The van der Waals surface area contributed by atoms with Gasteiger partial charge in [-0.3, -0.25) is 4.79 Å². The van der Waals surface area contributed by atoms with Gasteiger partial charge in [-0.1, -0.05) is 49.4 Å². The molecule has 3 N–H and O–H groups in total. The molecule has 2 aliphatic rings. The molecule has 1 heterocycles. The van der Waals surface area contributed by atoms with Crippen molar-refractivity contribution in [1.82, 2.24) is 0 Å². The second-order valence-electron chi connectivity index (χ2n) is 9.18. The molecule has 0 radical (unpaired) electrons. The van der Waals surface area contributed by atoms with Gasteiger partial charge >= 0.3 is 5.97 Å². The van der Waals surface area contributed by atoms with Gasteiger partial charge in [-0.15, -0.1) is 0 Å². The molecule has 34 heavy (non-hydrogen) atoms. The topological polar surface area (TPSA) is 87.0 Å². The Hall–Kier alpha value is -2.96. The minimum atomic E-state index is -1.16. The Morgan fingerprint density at radius 1 is 1.12 bits per heavy atom. The first-order valence-corrected chi connectivity index (χ1v) is 11.9. The highest BCUT2D eigenvalue weighted by molar-refractivity contribution is 5.89. The summed E-state index contributed by atoms with van der Waals surface area (Å²) in [5.74, 6) is -1.53. The van der Waals surface area contributed by atoms with Gasteiger partial charge in [0, 0.05) is 17.6 Å². The molecule has 2 aromatic carbocycles. The normalized spacial score (nSPS) is 19.6. The lowest BCUT2D eigenvalue weighted by Crippen LogP contribution is -2.38. The van der Waals surface area contributed by atoms with E-state index in [1.54, 1.807) is 25.1 Å². The summed E-state index contributed by atoms with van der Waals surface area (Å²) in [4.78, 5) is 11.4. The Morgan fingerprint density at radius 3 is 2.44 bits per heavy atom. The number of hydrogen-bond acceptors (Lipinski definition) is 4. The lowest BCUT2D eigenvalue weighted by molar-refractivity contribution is -0.146. The number of halogens is 1. The largest absolute Gasteiger partial charge is 0.482 e. The number of para-hydroxylation sites is 1. The van der Waals surface area contributed by atoms with Crippen LogP contribution in [-0.4, -0.2) is 39.1 Å². The smallest absolute Gasteiger partial charge is 0.309 e. The van der Waals surface area contributed by atoms with Crippen LogP contribution in [0.4, 0.5) is 4.39 Å². The summed E-state index contributed by atoms with van der Waals surface area (Å²) in [7, 11) is 0. The Bertz CT molecular complexity index is 1080. The molecule has 0 aromatic heterocycles. The molecule has 1 aliphatic carbocycles. The molecule has 1 saturated carbocycles. The average molecular weight is 467 g/mol. The summed E-state index contributed by atoms with van der Waals surface area (Å²) in [5.41, 5.74) is 3.05. The van der Waals surface area contributed by atoms with Crippen LogP contribution in [0, 0.1) is 11.7 Å². The fraction of sp³-hybridized carbons (Fsp3) is 0.393. The molecular formula is C28H31FO5. The van der Waals surface area contributed by atoms with E-state index < -0.39 is 29.7 Å². The van der Waals surface area contributed by atoms with E-state index in [4.69, 9.17) is 4.74 Å². The molecular weight excluding hydrogens is 435 g/mol. The van der Waals surface area contributed by atoms with Crippen molar-refractivity contribution in [2.75, 3.05) is 0 Å². The van der Waals surface area contributed by atoms with Gasteiger partial charge in [0.1, 0.15) is 17.2 Å². The molecule has 1 fully saturated rings. The molecule has 4 rings (SSSR count). The van der Waals surface area contributed by atoms with Crippen molar-refractivity contribution < 1.29 is 29.2 Å². The van der Waals surface area contributed by atoms with Gasteiger partial charge in [0.25, 0.3) is 0 Å². The van der Waals surface area contributed by atoms with E-state index in [0.29, 0.717) is 0 Å². The van der Waals surface area contributed by atoms with Crippen molar-refractivity contribution in [2.24, 2.45) is 5.92 Å². The predicted octanol–water partition coefficient (Wildman–Crippen LogP) is 5.11. The van der Waals surface area contributed by atoms with Crippen molar-refractivity contribution in [3.05, 3.63) is 83.2 Å². The third-order valence-electron chi connectivity index (χ3n) is 6.96. The highest BCUT2D eigenvalue weighted by atomic mass is 19.1. The Balaban J connectivity index is 1.76. The van der Waals surface area contributed by atoms with Gasteiger partial charge in [-0.25, -0.2) is 4.39 Å². The van der Waals surface area contributed by atoms with Crippen LogP contribution in [0.2, 0.25) is 0 Å². The van der Waals surface area contributed by atoms with Crippen molar-refractivity contribution in [1.29, 1.82) is 0 Å². The zero-order chi connectivity index (χ0) is 24.3. The summed E-state index contributed by atoms with van der Waals surface area (Å²) >= 11 is 0. The molecule has 5 nitrogen and oxygen atoms in total. The summed E-state index contributed by atoms with van der Waals surface area (Å²) < 4.78 is 20.3. The second-order valence-corrected chi connectivity index (χ2v) is 9.18. The molecule has 6 heteroatoms. The van der Waals surface area contributed by atoms with Crippen molar-refractivity contribution in [3.8, 4) is 5.75 Å². The second kappa shape index (κ2) is 10.1. The number of aliphatic carboxylic acids is 1. The van der Waals surface area contributed by atoms with Crippen molar-refractivity contribution in [2.45, 2.75) is 63.3 Å². The zero-order valence-electron chi connectivity index (χ0n) is 19.3. The summed E-state index contributed by atoms with van der Waals surface area (Å²) in [5, 5.41) is 30.3. The van der Waals surface area contributed by atoms with Crippen LogP contribution in [0.5, 0.6) is 5.75 Å². The number of carboxylic acid groups (broad SMARTS) is 1. The first-order valence-electron chi connectivity index (χ1n) is 11.9. The average Bonchev–Trinajstić information content (AvgIpc) is 3.27. The zero-order valence-corrected chi connectivity index (χ0v) is 19.3. The molecule has 1 aliphatic heterocycles. The van der Waals surface area contributed by atoms with Gasteiger partial charge in [-0.2, -0.15) is 0 Å². The molecule has 0 bridgehead atoms. The fourth-order valence-electron chi connectivity index (χ4n) is 5.19. The van der Waals surface area contributed by atoms with Gasteiger partial charge in [0.15, 0.2) is 0 Å². The van der Waals surface area contributed by atoms with Gasteiger partial charge in [0.2, 0.25) is 0 Å². The quantitative estimate of drug-likeness (QED) is 0.503. The van der Waals surface area contributed by atoms with Crippen LogP contribution < -0.4 is 4.74 Å². The van der Waals surface area contributed by atoms with E-state index in [0.717, 1.165) is 53.7 Å². The molecule has 0 saturated heterocycles. The third-order valence-corrected chi connectivity index (χ3v) is 6.96. The number of hydrogen-bond donors (Lipinski definition) is 3. The van der Waals surface area contributed by atoms with Crippen LogP contribution >= 0.6 is 0 Å². The highest BCUT2D eigenvalue weighted by Gasteiger charge is 2.44. The van der Waals surface area contributed by atoms with E-state index >= 15 is 0 Å². The number of carboxylic acids is 1. The number of aliphatic hydroxyl groups is 2. The lowest BCUT2D eigenvalue weighted by Gasteiger charge is -2.39. The van der Waals surface area contributed by atoms with Gasteiger partial charge in [0.05, 0.1) is 18.1 Å². The van der Waals surface area contributed by atoms with Gasteiger partial charge in [-0.05, 0) is 61.4 Å². The minimum absolute atomic E-state index is 0.0785. The number of fused-ring (bicyclic) bond motifs is 1. The molecule has 1 spiro atoms. The fourth-order valence-corrected chi connectivity index (χ4v) is 5.19. The highest BCUT2D eigenvalue weighted by Crippen LogP contribution is 2.50. The van der Waals surface area contributed by atoms with Crippen molar-refractivity contribution in [3.63, 3.8) is 0 Å². The third kappa shape index (κ3) is 4.79. The maximum Gasteiger partial charge on any atom is 0.309 e. The van der Waals surface area contributed by atoms with Crippen LogP contribution in [0.25, 0.3) is 5.57 Å². The van der Waals surface area contributed by atoms with E-state index in [9.17, 15) is 24.5 Å².